The van der Waals surface area contributed by atoms with Crippen molar-refractivity contribution in [1.29, 1.82) is 0 Å². The minimum absolute atomic E-state index is 0.0351. The van der Waals surface area contributed by atoms with Gasteiger partial charge in [-0.05, 0) is 32.2 Å². The van der Waals surface area contributed by atoms with Crippen molar-refractivity contribution < 1.29 is 4.79 Å². The summed E-state index contributed by atoms with van der Waals surface area (Å²) in [6.07, 6.45) is 7.52. The molecule has 0 radical (unpaired) electrons. The van der Waals surface area contributed by atoms with E-state index in [1.165, 1.54) is 0 Å². The van der Waals surface area contributed by atoms with Crippen molar-refractivity contribution in [3.05, 3.63) is 0 Å². The van der Waals surface area contributed by atoms with Crippen LogP contribution < -0.4 is 5.32 Å². The Morgan fingerprint density at radius 1 is 1.67 bits per heavy atom. The second-order valence-corrected chi connectivity index (χ2v) is 4.11. The van der Waals surface area contributed by atoms with Crippen LogP contribution in [0.5, 0.6) is 0 Å². The standard InChI is InChI=1S/C12H20N2O/c1-4-9-14(5-2)12(15)11-10(3)7-6-8-13-11/h1,10-11,13H,5-9H2,2-3H3. The van der Waals surface area contributed by atoms with E-state index in [4.69, 9.17) is 6.42 Å². The predicted molar refractivity (Wildman–Crippen MR) is 61.3 cm³/mol. The summed E-state index contributed by atoms with van der Waals surface area (Å²) < 4.78 is 0. The molecule has 1 aliphatic heterocycles. The third kappa shape index (κ3) is 2.97. The zero-order valence-electron chi connectivity index (χ0n) is 9.62. The number of hydrogen-bond acceptors (Lipinski definition) is 2. The molecule has 15 heavy (non-hydrogen) atoms. The molecule has 2 atom stereocenters. The number of carbonyl (C=O) groups excluding carboxylic acids is 1. The third-order valence-electron chi connectivity index (χ3n) is 3.01. The molecule has 0 spiro atoms. The van der Waals surface area contributed by atoms with Gasteiger partial charge in [0.1, 0.15) is 0 Å². The first-order valence-corrected chi connectivity index (χ1v) is 5.66. The lowest BCUT2D eigenvalue weighted by Gasteiger charge is -2.32. The fraction of sp³-hybridized carbons (Fsp3) is 0.750. The first kappa shape index (κ1) is 12.1. The topological polar surface area (TPSA) is 32.3 Å². The fourth-order valence-corrected chi connectivity index (χ4v) is 2.03. The van der Waals surface area contributed by atoms with Gasteiger partial charge in [0.05, 0.1) is 12.6 Å². The predicted octanol–water partition coefficient (Wildman–Crippen LogP) is 0.856. The summed E-state index contributed by atoms with van der Waals surface area (Å²) in [5.41, 5.74) is 0. The molecule has 1 aliphatic rings. The number of nitrogens with zero attached hydrogens (tertiary/aromatic N) is 1. The lowest BCUT2D eigenvalue weighted by Crippen LogP contribution is -2.52. The van der Waals surface area contributed by atoms with E-state index >= 15 is 0 Å². The summed E-state index contributed by atoms with van der Waals surface area (Å²) in [6, 6.07) is -0.0351. The molecule has 84 valence electrons. The minimum atomic E-state index is -0.0351. The molecule has 0 aromatic heterocycles. The van der Waals surface area contributed by atoms with Crippen LogP contribution in [0.1, 0.15) is 26.7 Å². The SMILES string of the molecule is C#CCN(CC)C(=O)C1NCCCC1C. The lowest BCUT2D eigenvalue weighted by atomic mass is 9.92. The van der Waals surface area contributed by atoms with Gasteiger partial charge in [0.25, 0.3) is 0 Å². The van der Waals surface area contributed by atoms with Gasteiger partial charge in [0.15, 0.2) is 0 Å². The molecule has 0 aromatic carbocycles. The average molecular weight is 208 g/mol. The summed E-state index contributed by atoms with van der Waals surface area (Å²) in [5.74, 6) is 3.10. The number of nitrogens with one attached hydrogen (secondary N) is 1. The van der Waals surface area contributed by atoms with Gasteiger partial charge in [0.2, 0.25) is 5.91 Å². The molecule has 2 unspecified atom stereocenters. The van der Waals surface area contributed by atoms with Crippen LogP contribution in [0.3, 0.4) is 0 Å². The molecule has 1 N–H and O–H groups in total. The van der Waals surface area contributed by atoms with Crippen molar-refractivity contribution in [2.24, 2.45) is 5.92 Å². The molecule has 3 heteroatoms. The Hall–Kier alpha value is -1.01. The van der Waals surface area contributed by atoms with Gasteiger partial charge >= 0.3 is 0 Å². The highest BCUT2D eigenvalue weighted by molar-refractivity contribution is 5.82. The molecule has 0 aromatic rings. The molecule has 1 heterocycles. The number of amides is 1. The van der Waals surface area contributed by atoms with Crippen LogP contribution in [0.25, 0.3) is 0 Å². The number of rotatable bonds is 3. The van der Waals surface area contributed by atoms with E-state index in [2.05, 4.69) is 18.2 Å². The largest absolute Gasteiger partial charge is 0.330 e. The Morgan fingerprint density at radius 3 is 2.93 bits per heavy atom. The van der Waals surface area contributed by atoms with E-state index in [9.17, 15) is 4.79 Å². The van der Waals surface area contributed by atoms with Crippen molar-refractivity contribution in [2.45, 2.75) is 32.7 Å². The Morgan fingerprint density at radius 2 is 2.40 bits per heavy atom. The number of piperidine rings is 1. The van der Waals surface area contributed by atoms with Crippen LogP contribution in [0.4, 0.5) is 0 Å². The quantitative estimate of drug-likeness (QED) is 0.698. The van der Waals surface area contributed by atoms with Gasteiger partial charge in [-0.15, -0.1) is 6.42 Å². The highest BCUT2D eigenvalue weighted by Crippen LogP contribution is 2.17. The van der Waals surface area contributed by atoms with Crippen molar-refractivity contribution in [3.63, 3.8) is 0 Å². The van der Waals surface area contributed by atoms with Gasteiger partial charge in [-0.25, -0.2) is 0 Å². The summed E-state index contributed by atoms with van der Waals surface area (Å²) in [6.45, 7) is 6.13. The fourth-order valence-electron chi connectivity index (χ4n) is 2.03. The minimum Gasteiger partial charge on any atom is -0.330 e. The number of carbonyl (C=O) groups is 1. The van der Waals surface area contributed by atoms with Gasteiger partial charge < -0.3 is 10.2 Å². The molecule has 0 aliphatic carbocycles. The number of likely N-dealkylation sites (N-methyl/N-ethyl adjacent to an activating group) is 1. The highest BCUT2D eigenvalue weighted by atomic mass is 16.2. The summed E-state index contributed by atoms with van der Waals surface area (Å²) >= 11 is 0. The van der Waals surface area contributed by atoms with Crippen LogP contribution in [0.2, 0.25) is 0 Å². The number of hydrogen-bond donors (Lipinski definition) is 1. The van der Waals surface area contributed by atoms with Crippen LogP contribution in [0, 0.1) is 18.3 Å². The molecule has 1 saturated heterocycles. The molecule has 1 fully saturated rings. The highest BCUT2D eigenvalue weighted by Gasteiger charge is 2.29. The Bertz CT molecular complexity index is 257. The first-order valence-electron chi connectivity index (χ1n) is 5.66. The van der Waals surface area contributed by atoms with Crippen molar-refractivity contribution >= 4 is 5.91 Å². The van der Waals surface area contributed by atoms with Crippen molar-refractivity contribution in [2.75, 3.05) is 19.6 Å². The van der Waals surface area contributed by atoms with E-state index < -0.39 is 0 Å². The van der Waals surface area contributed by atoms with Crippen LogP contribution in [0.15, 0.2) is 0 Å². The first-order chi connectivity index (χ1) is 7.20. The Balaban J connectivity index is 2.60. The van der Waals surface area contributed by atoms with Crippen molar-refractivity contribution in [1.82, 2.24) is 10.2 Å². The van der Waals surface area contributed by atoms with Crippen LogP contribution in [-0.4, -0.2) is 36.5 Å². The summed E-state index contributed by atoms with van der Waals surface area (Å²) in [7, 11) is 0. The maximum Gasteiger partial charge on any atom is 0.240 e. The third-order valence-corrected chi connectivity index (χ3v) is 3.01. The smallest absolute Gasteiger partial charge is 0.240 e. The molecule has 3 nitrogen and oxygen atoms in total. The second kappa shape index (κ2) is 5.77. The van der Waals surface area contributed by atoms with Gasteiger partial charge in [-0.1, -0.05) is 12.8 Å². The molecule has 1 rings (SSSR count). The van der Waals surface area contributed by atoms with E-state index in [0.29, 0.717) is 19.0 Å². The van der Waals surface area contributed by atoms with Gasteiger partial charge in [0, 0.05) is 6.54 Å². The van der Waals surface area contributed by atoms with Gasteiger partial charge in [-0.2, -0.15) is 0 Å². The molecule has 0 bridgehead atoms. The molecule has 1 amide bonds. The van der Waals surface area contributed by atoms with E-state index in [1.807, 2.05) is 6.92 Å². The van der Waals surface area contributed by atoms with E-state index in [1.54, 1.807) is 4.90 Å². The zero-order chi connectivity index (χ0) is 11.3. The van der Waals surface area contributed by atoms with Crippen LogP contribution in [-0.2, 0) is 4.79 Å². The van der Waals surface area contributed by atoms with E-state index in [-0.39, 0.29) is 11.9 Å². The maximum atomic E-state index is 12.1. The van der Waals surface area contributed by atoms with Crippen LogP contribution >= 0.6 is 0 Å². The molecular weight excluding hydrogens is 188 g/mol. The van der Waals surface area contributed by atoms with E-state index in [0.717, 1.165) is 19.4 Å². The molecule has 0 saturated carbocycles. The van der Waals surface area contributed by atoms with Gasteiger partial charge in [-0.3, -0.25) is 4.79 Å². The normalized spacial score (nSPS) is 25.7. The maximum absolute atomic E-state index is 12.1. The summed E-state index contributed by atoms with van der Waals surface area (Å²) in [4.78, 5) is 13.8. The number of terminal acetylenes is 1. The Labute approximate surface area is 92.2 Å². The van der Waals surface area contributed by atoms with Crippen molar-refractivity contribution in [3.8, 4) is 12.3 Å². The monoisotopic (exact) mass is 208 g/mol. The average Bonchev–Trinajstić information content (AvgIpc) is 2.25. The zero-order valence-corrected chi connectivity index (χ0v) is 9.62. The Kier molecular flexibility index (Phi) is 4.64. The summed E-state index contributed by atoms with van der Waals surface area (Å²) in [5, 5.41) is 3.28. The molecular formula is C12H20N2O. The second-order valence-electron chi connectivity index (χ2n) is 4.11. The lowest BCUT2D eigenvalue weighted by molar-refractivity contribution is -0.134.